The lowest BCUT2D eigenvalue weighted by Crippen LogP contribution is -2.21. The molecule has 0 saturated heterocycles. The van der Waals surface area contributed by atoms with Gasteiger partial charge in [-0.1, -0.05) is 6.07 Å². The van der Waals surface area contributed by atoms with Gasteiger partial charge in [0.1, 0.15) is 12.2 Å². The molecule has 8 nitrogen and oxygen atoms in total. The Morgan fingerprint density at radius 1 is 1.19 bits per heavy atom. The second-order valence-electron chi connectivity index (χ2n) is 7.27. The van der Waals surface area contributed by atoms with Crippen LogP contribution in [0.3, 0.4) is 0 Å². The summed E-state index contributed by atoms with van der Waals surface area (Å²) in [5.41, 5.74) is 1.48. The lowest BCUT2D eigenvalue weighted by atomic mass is 10.2. The van der Waals surface area contributed by atoms with Crippen LogP contribution in [0.15, 0.2) is 41.0 Å². The first-order valence-corrected chi connectivity index (χ1v) is 10.4. The number of amides is 2. The normalized spacial score (nSPS) is 13.5. The fourth-order valence-corrected chi connectivity index (χ4v) is 4.00. The minimum atomic E-state index is -2.73. The minimum absolute atomic E-state index is 0.132. The fourth-order valence-electron chi connectivity index (χ4n) is 3.22. The first kappa shape index (κ1) is 21.2. The van der Waals surface area contributed by atoms with Crippen molar-refractivity contribution in [3.05, 3.63) is 58.1 Å². The molecular formula is C20H19BrF2N6O2. The zero-order valence-electron chi connectivity index (χ0n) is 16.5. The quantitative estimate of drug-likeness (QED) is 0.519. The maximum atomic E-state index is 13.2. The fraction of sp³-hybridized carbons (Fsp3) is 0.300. The molecule has 0 spiro atoms. The number of carbonyl (C=O) groups excluding carboxylic acids is 2. The van der Waals surface area contributed by atoms with Crippen molar-refractivity contribution in [2.45, 2.75) is 31.7 Å². The van der Waals surface area contributed by atoms with Gasteiger partial charge in [-0.25, -0.2) is 8.78 Å². The van der Waals surface area contributed by atoms with Crippen molar-refractivity contribution in [3.63, 3.8) is 0 Å². The van der Waals surface area contributed by atoms with Gasteiger partial charge in [0.2, 0.25) is 5.91 Å². The molecular weight excluding hydrogens is 474 g/mol. The summed E-state index contributed by atoms with van der Waals surface area (Å²) in [6.45, 7) is -0.193. The number of alkyl halides is 2. The summed E-state index contributed by atoms with van der Waals surface area (Å²) in [5, 5.41) is 13.4. The number of halogens is 3. The Morgan fingerprint density at radius 3 is 2.52 bits per heavy atom. The van der Waals surface area contributed by atoms with Gasteiger partial charge < -0.3 is 10.6 Å². The van der Waals surface area contributed by atoms with Crippen LogP contribution >= 0.6 is 15.9 Å². The highest BCUT2D eigenvalue weighted by atomic mass is 79.9. The average Bonchev–Trinajstić information content (AvgIpc) is 3.35. The second kappa shape index (κ2) is 8.58. The monoisotopic (exact) mass is 492 g/mol. The van der Waals surface area contributed by atoms with E-state index < -0.39 is 12.3 Å². The summed E-state index contributed by atoms with van der Waals surface area (Å²) in [4.78, 5) is 24.8. The van der Waals surface area contributed by atoms with Crippen molar-refractivity contribution in [1.82, 2.24) is 19.6 Å². The molecule has 162 valence electrons. The van der Waals surface area contributed by atoms with Crippen molar-refractivity contribution >= 4 is 39.1 Å². The maximum Gasteiger partial charge on any atom is 0.283 e. The highest BCUT2D eigenvalue weighted by Crippen LogP contribution is 2.45. The van der Waals surface area contributed by atoms with Gasteiger partial charge in [0.15, 0.2) is 5.69 Å². The molecule has 0 bridgehead atoms. The van der Waals surface area contributed by atoms with E-state index in [4.69, 9.17) is 0 Å². The van der Waals surface area contributed by atoms with Crippen LogP contribution in [0, 0.1) is 0 Å². The number of carbonyl (C=O) groups is 2. The van der Waals surface area contributed by atoms with E-state index in [9.17, 15) is 18.4 Å². The smallest absolute Gasteiger partial charge is 0.283 e. The van der Waals surface area contributed by atoms with E-state index >= 15 is 0 Å². The van der Waals surface area contributed by atoms with Crippen molar-refractivity contribution in [2.24, 2.45) is 7.05 Å². The summed E-state index contributed by atoms with van der Waals surface area (Å²) in [5.74, 6) is -0.655. The van der Waals surface area contributed by atoms with E-state index in [1.807, 2.05) is 0 Å². The molecule has 4 rings (SSSR count). The molecule has 0 unspecified atom stereocenters. The van der Waals surface area contributed by atoms with Crippen LogP contribution in [-0.4, -0.2) is 31.4 Å². The van der Waals surface area contributed by atoms with Gasteiger partial charge in [0.25, 0.3) is 12.3 Å². The summed E-state index contributed by atoms with van der Waals surface area (Å²) in [6.07, 6.45) is 0.698. The molecule has 1 aliphatic rings. The third-order valence-corrected chi connectivity index (χ3v) is 5.58. The minimum Gasteiger partial charge on any atom is -0.324 e. The molecule has 2 N–H and O–H groups in total. The summed E-state index contributed by atoms with van der Waals surface area (Å²) in [7, 11) is 1.71. The zero-order valence-corrected chi connectivity index (χ0v) is 18.1. The van der Waals surface area contributed by atoms with Gasteiger partial charge in [-0.05, 0) is 53.0 Å². The van der Waals surface area contributed by atoms with Gasteiger partial charge in [-0.2, -0.15) is 10.2 Å². The van der Waals surface area contributed by atoms with Crippen LogP contribution in [0.4, 0.5) is 20.2 Å². The van der Waals surface area contributed by atoms with Crippen molar-refractivity contribution in [3.8, 4) is 0 Å². The van der Waals surface area contributed by atoms with Crippen LogP contribution in [0.5, 0.6) is 0 Å². The van der Waals surface area contributed by atoms with Crippen molar-refractivity contribution in [1.29, 1.82) is 0 Å². The van der Waals surface area contributed by atoms with Crippen LogP contribution in [-0.2, 0) is 18.4 Å². The number of rotatable bonds is 7. The number of anilines is 2. The number of nitrogens with one attached hydrogen (secondary N) is 2. The summed E-state index contributed by atoms with van der Waals surface area (Å²) >= 11 is 3.21. The predicted octanol–water partition coefficient (Wildman–Crippen LogP) is 4.09. The zero-order chi connectivity index (χ0) is 22.1. The maximum absolute atomic E-state index is 13.2. The molecule has 1 fully saturated rings. The summed E-state index contributed by atoms with van der Waals surface area (Å²) < 4.78 is 29.6. The molecule has 0 aliphatic heterocycles. The number of aromatic nitrogens is 4. The molecule has 31 heavy (non-hydrogen) atoms. The summed E-state index contributed by atoms with van der Waals surface area (Å²) in [6, 6.07) is 8.22. The van der Waals surface area contributed by atoms with Crippen molar-refractivity contribution < 1.29 is 18.4 Å². The Balaban J connectivity index is 1.44. The van der Waals surface area contributed by atoms with Gasteiger partial charge in [0.05, 0.1) is 10.2 Å². The van der Waals surface area contributed by atoms with E-state index in [1.54, 1.807) is 43.6 Å². The topological polar surface area (TPSA) is 93.8 Å². The molecule has 0 atom stereocenters. The first-order valence-electron chi connectivity index (χ1n) is 9.57. The van der Waals surface area contributed by atoms with Gasteiger partial charge in [0, 0.05) is 30.5 Å². The van der Waals surface area contributed by atoms with Gasteiger partial charge in [-0.15, -0.1) is 0 Å². The first-order chi connectivity index (χ1) is 14.8. The molecule has 2 amide bonds. The third kappa shape index (κ3) is 4.82. The number of benzene rings is 1. The molecule has 3 aromatic rings. The Kier molecular flexibility index (Phi) is 5.86. The third-order valence-electron chi connectivity index (χ3n) is 4.77. The molecule has 2 aromatic heterocycles. The van der Waals surface area contributed by atoms with Crippen LogP contribution < -0.4 is 10.6 Å². The number of hydrogen-bond acceptors (Lipinski definition) is 4. The Hall–Kier alpha value is -3.08. The standard InChI is InChI=1S/C20H19BrF2N6O2/c1-28-8-7-14(26-28)20(31)25-13-4-2-3-12(9-13)24-15(30)10-29-18(11-5-6-11)16(21)17(27-29)19(22)23/h2-4,7-9,11,19H,5-6,10H2,1H3,(H,24,30)(H,25,31). The van der Waals surface area contributed by atoms with Gasteiger partial charge in [-0.3, -0.25) is 19.0 Å². The van der Waals surface area contributed by atoms with E-state index in [0.717, 1.165) is 12.8 Å². The van der Waals surface area contributed by atoms with Crippen LogP contribution in [0.2, 0.25) is 0 Å². The number of nitrogens with zero attached hydrogens (tertiary/aromatic N) is 4. The highest BCUT2D eigenvalue weighted by molar-refractivity contribution is 9.10. The molecule has 0 radical (unpaired) electrons. The van der Waals surface area contributed by atoms with Crippen LogP contribution in [0.1, 0.15) is 47.1 Å². The number of hydrogen-bond donors (Lipinski definition) is 2. The van der Waals surface area contributed by atoms with E-state index in [-0.39, 0.29) is 34.2 Å². The van der Waals surface area contributed by atoms with E-state index in [0.29, 0.717) is 17.1 Å². The van der Waals surface area contributed by atoms with E-state index in [2.05, 4.69) is 36.8 Å². The molecule has 1 saturated carbocycles. The number of aryl methyl sites for hydroxylation is 1. The second-order valence-corrected chi connectivity index (χ2v) is 8.07. The van der Waals surface area contributed by atoms with Gasteiger partial charge >= 0.3 is 0 Å². The predicted molar refractivity (Wildman–Crippen MR) is 113 cm³/mol. The average molecular weight is 493 g/mol. The lowest BCUT2D eigenvalue weighted by Gasteiger charge is -2.10. The SMILES string of the molecule is Cn1ccc(C(=O)Nc2cccc(NC(=O)Cn3nc(C(F)F)c(Br)c3C3CC3)c2)n1. The lowest BCUT2D eigenvalue weighted by molar-refractivity contribution is -0.117. The van der Waals surface area contributed by atoms with Crippen molar-refractivity contribution in [2.75, 3.05) is 10.6 Å². The van der Waals surface area contributed by atoms with Crippen LogP contribution in [0.25, 0.3) is 0 Å². The molecule has 11 heteroatoms. The molecule has 1 aliphatic carbocycles. The Bertz CT molecular complexity index is 1140. The largest absolute Gasteiger partial charge is 0.324 e. The Labute approximate surface area is 184 Å². The Morgan fingerprint density at radius 2 is 1.90 bits per heavy atom. The molecule has 2 heterocycles. The highest BCUT2D eigenvalue weighted by Gasteiger charge is 2.34. The molecule has 1 aromatic carbocycles. The van der Waals surface area contributed by atoms with E-state index in [1.165, 1.54) is 9.36 Å².